The molecule has 1 amide bonds. The number of nitrogens with zero attached hydrogens (tertiary/aromatic N) is 3. The van der Waals surface area contributed by atoms with Crippen LogP contribution in [-0.2, 0) is 6.18 Å². The van der Waals surface area contributed by atoms with Gasteiger partial charge in [0, 0.05) is 24.3 Å². The summed E-state index contributed by atoms with van der Waals surface area (Å²) < 4.78 is 38.9. The van der Waals surface area contributed by atoms with Crippen molar-refractivity contribution in [3.63, 3.8) is 0 Å². The molecule has 1 aliphatic rings. The van der Waals surface area contributed by atoms with Crippen molar-refractivity contribution in [1.29, 1.82) is 0 Å². The molecule has 0 atom stereocenters. The van der Waals surface area contributed by atoms with E-state index in [1.807, 2.05) is 19.0 Å². The zero-order valence-corrected chi connectivity index (χ0v) is 19.2. The predicted octanol–water partition coefficient (Wildman–Crippen LogP) is 4.98. The molecular weight excluding hydrogens is 431 g/mol. The number of rotatable bonds is 8. The van der Waals surface area contributed by atoms with E-state index >= 15 is 0 Å². The van der Waals surface area contributed by atoms with Gasteiger partial charge in [-0.25, -0.2) is 9.97 Å². The molecule has 1 fully saturated rings. The lowest BCUT2D eigenvalue weighted by Gasteiger charge is -2.20. The molecule has 0 spiro atoms. The standard InChI is InChI=1S/C24H32F3N5O/c1-32(2)15-7-14-28-23(33)22-29-16-20(17-10-12-18(13-11-17)24(25,26)27)21(31-22)30-19-8-5-3-4-6-9-19/h10-13,16,19H,3-9,14-15H2,1-2H3,(H,28,33)(H,29,30,31). The molecule has 2 aromatic rings. The van der Waals surface area contributed by atoms with Crippen LogP contribution in [0.5, 0.6) is 0 Å². The Bertz CT molecular complexity index is 907. The molecule has 1 aromatic carbocycles. The van der Waals surface area contributed by atoms with Gasteiger partial charge < -0.3 is 15.5 Å². The van der Waals surface area contributed by atoms with Gasteiger partial charge in [-0.2, -0.15) is 13.2 Å². The van der Waals surface area contributed by atoms with Gasteiger partial charge in [0.05, 0.1) is 5.56 Å². The van der Waals surface area contributed by atoms with Crippen molar-refractivity contribution in [2.24, 2.45) is 0 Å². The number of carbonyl (C=O) groups excluding carboxylic acids is 1. The smallest absolute Gasteiger partial charge is 0.367 e. The third-order valence-corrected chi connectivity index (χ3v) is 5.78. The maximum absolute atomic E-state index is 13.0. The molecule has 180 valence electrons. The number of hydrogen-bond acceptors (Lipinski definition) is 5. The minimum Gasteiger partial charge on any atom is -0.367 e. The zero-order valence-electron chi connectivity index (χ0n) is 19.2. The van der Waals surface area contributed by atoms with Crippen molar-refractivity contribution in [3.05, 3.63) is 41.9 Å². The van der Waals surface area contributed by atoms with E-state index in [2.05, 4.69) is 20.6 Å². The van der Waals surface area contributed by atoms with Crippen LogP contribution in [0, 0.1) is 0 Å². The highest BCUT2D eigenvalue weighted by molar-refractivity contribution is 5.91. The quantitative estimate of drug-likeness (QED) is 0.427. The molecule has 9 heteroatoms. The van der Waals surface area contributed by atoms with Crippen molar-refractivity contribution in [1.82, 2.24) is 20.2 Å². The molecular formula is C24H32F3N5O. The van der Waals surface area contributed by atoms with Crippen LogP contribution in [0.1, 0.15) is 61.1 Å². The van der Waals surface area contributed by atoms with Crippen molar-refractivity contribution >= 4 is 11.7 Å². The second-order valence-corrected chi connectivity index (χ2v) is 8.78. The summed E-state index contributed by atoms with van der Waals surface area (Å²) in [5.41, 5.74) is 0.438. The summed E-state index contributed by atoms with van der Waals surface area (Å²) in [6, 6.07) is 5.14. The average Bonchev–Trinajstić information content (AvgIpc) is 3.04. The van der Waals surface area contributed by atoms with Gasteiger partial charge in [-0.1, -0.05) is 37.8 Å². The maximum Gasteiger partial charge on any atom is 0.416 e. The van der Waals surface area contributed by atoms with Crippen LogP contribution in [0.2, 0.25) is 0 Å². The third kappa shape index (κ3) is 7.42. The van der Waals surface area contributed by atoms with Crippen molar-refractivity contribution < 1.29 is 18.0 Å². The first-order valence-electron chi connectivity index (χ1n) is 11.5. The van der Waals surface area contributed by atoms with Gasteiger partial charge in [0.25, 0.3) is 5.91 Å². The van der Waals surface area contributed by atoms with E-state index in [4.69, 9.17) is 0 Å². The van der Waals surface area contributed by atoms with E-state index in [1.54, 1.807) is 0 Å². The topological polar surface area (TPSA) is 70.2 Å². The molecule has 1 heterocycles. The Balaban J connectivity index is 1.84. The van der Waals surface area contributed by atoms with E-state index < -0.39 is 11.7 Å². The highest BCUT2D eigenvalue weighted by Crippen LogP contribution is 2.33. The lowest BCUT2D eigenvalue weighted by atomic mass is 10.0. The van der Waals surface area contributed by atoms with E-state index in [9.17, 15) is 18.0 Å². The van der Waals surface area contributed by atoms with Gasteiger partial charge in [-0.15, -0.1) is 0 Å². The number of aromatic nitrogens is 2. The van der Waals surface area contributed by atoms with Crippen molar-refractivity contribution in [2.45, 2.75) is 57.2 Å². The van der Waals surface area contributed by atoms with Gasteiger partial charge in [-0.3, -0.25) is 4.79 Å². The first kappa shape index (κ1) is 25.0. The molecule has 0 radical (unpaired) electrons. The molecule has 0 aliphatic heterocycles. The Labute approximate surface area is 193 Å². The number of anilines is 1. The molecule has 1 aromatic heterocycles. The fourth-order valence-corrected chi connectivity index (χ4v) is 3.94. The first-order valence-corrected chi connectivity index (χ1v) is 11.5. The van der Waals surface area contributed by atoms with Crippen LogP contribution >= 0.6 is 0 Å². The summed E-state index contributed by atoms with van der Waals surface area (Å²) >= 11 is 0. The number of nitrogens with one attached hydrogen (secondary N) is 2. The maximum atomic E-state index is 13.0. The summed E-state index contributed by atoms with van der Waals surface area (Å²) in [4.78, 5) is 23.3. The van der Waals surface area contributed by atoms with Gasteiger partial charge >= 0.3 is 6.18 Å². The summed E-state index contributed by atoms with van der Waals surface area (Å²) in [6.45, 7) is 1.36. The number of carbonyl (C=O) groups is 1. The highest BCUT2D eigenvalue weighted by atomic mass is 19.4. The Morgan fingerprint density at radius 2 is 1.76 bits per heavy atom. The minimum atomic E-state index is -4.40. The Morgan fingerprint density at radius 1 is 1.09 bits per heavy atom. The molecule has 6 nitrogen and oxygen atoms in total. The van der Waals surface area contributed by atoms with E-state index in [-0.39, 0.29) is 17.8 Å². The lowest BCUT2D eigenvalue weighted by molar-refractivity contribution is -0.137. The third-order valence-electron chi connectivity index (χ3n) is 5.78. The van der Waals surface area contributed by atoms with Crippen LogP contribution in [-0.4, -0.2) is 54.0 Å². The van der Waals surface area contributed by atoms with Gasteiger partial charge in [0.15, 0.2) is 0 Å². The van der Waals surface area contributed by atoms with Crippen LogP contribution in [0.3, 0.4) is 0 Å². The highest BCUT2D eigenvalue weighted by Gasteiger charge is 2.30. The molecule has 0 saturated heterocycles. The largest absolute Gasteiger partial charge is 0.416 e. The van der Waals surface area contributed by atoms with Gasteiger partial charge in [0.1, 0.15) is 5.82 Å². The SMILES string of the molecule is CN(C)CCCNC(=O)c1ncc(-c2ccc(C(F)(F)F)cc2)c(NC2CCCCCC2)n1. The Morgan fingerprint density at radius 3 is 2.36 bits per heavy atom. The van der Waals surface area contributed by atoms with E-state index in [1.165, 1.54) is 31.2 Å². The summed E-state index contributed by atoms with van der Waals surface area (Å²) in [5, 5.41) is 6.29. The van der Waals surface area contributed by atoms with Crippen molar-refractivity contribution in [2.75, 3.05) is 32.5 Å². The second kappa shape index (κ2) is 11.4. The molecule has 33 heavy (non-hydrogen) atoms. The number of amides is 1. The summed E-state index contributed by atoms with van der Waals surface area (Å²) in [5.74, 6) is 0.165. The van der Waals surface area contributed by atoms with Gasteiger partial charge in [-0.05, 0) is 57.6 Å². The second-order valence-electron chi connectivity index (χ2n) is 8.78. The average molecular weight is 464 g/mol. The number of hydrogen-bond donors (Lipinski definition) is 2. The number of benzene rings is 1. The first-order chi connectivity index (χ1) is 15.7. The van der Waals surface area contributed by atoms with Crippen LogP contribution in [0.15, 0.2) is 30.5 Å². The number of alkyl halides is 3. The Hall–Kier alpha value is -2.68. The van der Waals surface area contributed by atoms with Crippen LogP contribution in [0.25, 0.3) is 11.1 Å². The minimum absolute atomic E-state index is 0.0478. The van der Waals surface area contributed by atoms with Crippen molar-refractivity contribution in [3.8, 4) is 11.1 Å². The molecule has 0 bridgehead atoms. The summed E-state index contributed by atoms with van der Waals surface area (Å²) in [7, 11) is 3.94. The molecule has 1 aliphatic carbocycles. The molecule has 2 N–H and O–H groups in total. The van der Waals surface area contributed by atoms with E-state index in [0.717, 1.165) is 50.8 Å². The molecule has 0 unspecified atom stereocenters. The zero-order chi connectivity index (χ0) is 23.8. The molecule has 3 rings (SSSR count). The van der Waals surface area contributed by atoms with E-state index in [0.29, 0.717) is 23.5 Å². The monoisotopic (exact) mass is 463 g/mol. The summed E-state index contributed by atoms with van der Waals surface area (Å²) in [6.07, 6.45) is 4.49. The van der Waals surface area contributed by atoms with Crippen LogP contribution < -0.4 is 10.6 Å². The molecule has 1 saturated carbocycles. The fourth-order valence-electron chi connectivity index (χ4n) is 3.94. The number of halogens is 3. The van der Waals surface area contributed by atoms with Crippen LogP contribution in [0.4, 0.5) is 19.0 Å². The predicted molar refractivity (Wildman–Crippen MR) is 123 cm³/mol. The Kier molecular flexibility index (Phi) is 8.66. The fraction of sp³-hybridized carbons (Fsp3) is 0.542. The normalized spacial score (nSPS) is 15.3. The van der Waals surface area contributed by atoms with Gasteiger partial charge in [0.2, 0.25) is 5.82 Å². The lowest BCUT2D eigenvalue weighted by Crippen LogP contribution is -2.29.